The quantitative estimate of drug-likeness (QED) is 0.501. The highest BCUT2D eigenvalue weighted by Gasteiger charge is 2.37. The van der Waals surface area contributed by atoms with Crippen molar-refractivity contribution in [2.45, 2.75) is 64.5 Å². The molecule has 2 aliphatic rings. The number of primary amides is 2. The van der Waals surface area contributed by atoms with Crippen molar-refractivity contribution in [1.82, 2.24) is 9.80 Å². The first-order valence-corrected chi connectivity index (χ1v) is 10.4. The predicted molar refractivity (Wildman–Crippen MR) is 107 cm³/mol. The number of carbonyl (C=O) groups excluding carboxylic acids is 4. The van der Waals surface area contributed by atoms with Crippen molar-refractivity contribution in [3.63, 3.8) is 0 Å². The maximum Gasteiger partial charge on any atom is 0.266 e. The lowest BCUT2D eigenvalue weighted by Crippen LogP contribution is -2.45. The average Bonchev–Trinajstić information content (AvgIpc) is 3.17. The maximum atomic E-state index is 12.2. The van der Waals surface area contributed by atoms with Crippen LogP contribution in [0.4, 0.5) is 17.6 Å². The highest BCUT2D eigenvalue weighted by molar-refractivity contribution is 5.88. The van der Waals surface area contributed by atoms with Gasteiger partial charge >= 0.3 is 0 Å². The molecule has 4 atom stereocenters. The molecule has 0 aliphatic carbocycles. The third kappa shape index (κ3) is 7.79. The van der Waals surface area contributed by atoms with Crippen LogP contribution >= 0.6 is 0 Å². The highest BCUT2D eigenvalue weighted by atomic mass is 19.3. The molecule has 12 heteroatoms. The standard InChI is InChI=1S/C10H16F2N2O2.C10H14F2N2O2/c2*1-2-7(10(13)16)14-5-6(3-8(11)12)4-9(14)15/h6-8H,2-5H2,1H3,(H2,13,16);3,6-7H,2,4-5H2,1H3,(H2,13,16). The molecule has 182 valence electrons. The van der Waals surface area contributed by atoms with E-state index in [-0.39, 0.29) is 50.1 Å². The summed E-state index contributed by atoms with van der Waals surface area (Å²) in [6.45, 7) is 3.81. The van der Waals surface area contributed by atoms with Crippen LogP contribution in [0.2, 0.25) is 0 Å². The zero-order chi connectivity index (χ0) is 24.6. The molecule has 8 nitrogen and oxygen atoms in total. The molecule has 0 aromatic heterocycles. The van der Waals surface area contributed by atoms with E-state index in [1.807, 2.05) is 0 Å². The van der Waals surface area contributed by atoms with Crippen molar-refractivity contribution in [3.8, 4) is 0 Å². The Bertz CT molecular complexity index is 730. The molecule has 0 spiro atoms. The van der Waals surface area contributed by atoms with Gasteiger partial charge in [-0.05, 0) is 24.8 Å². The van der Waals surface area contributed by atoms with Gasteiger partial charge in [-0.15, -0.1) is 0 Å². The number of rotatable bonds is 9. The third-order valence-electron chi connectivity index (χ3n) is 5.48. The van der Waals surface area contributed by atoms with Crippen molar-refractivity contribution in [2.24, 2.45) is 23.3 Å². The fourth-order valence-electron chi connectivity index (χ4n) is 4.02. The van der Waals surface area contributed by atoms with Gasteiger partial charge in [0.05, 0.1) is 0 Å². The molecule has 0 saturated carbocycles. The van der Waals surface area contributed by atoms with Crippen LogP contribution in [0, 0.1) is 11.8 Å². The van der Waals surface area contributed by atoms with E-state index in [1.54, 1.807) is 13.8 Å². The second kappa shape index (κ2) is 12.4. The van der Waals surface area contributed by atoms with Crippen molar-refractivity contribution < 1.29 is 36.7 Å². The molecular formula is C20H30F4N4O4. The van der Waals surface area contributed by atoms with Crippen LogP contribution in [-0.4, -0.2) is 65.0 Å². The fourth-order valence-corrected chi connectivity index (χ4v) is 4.02. The van der Waals surface area contributed by atoms with Crippen molar-refractivity contribution in [1.29, 1.82) is 0 Å². The normalized spacial score (nSPS) is 22.5. The van der Waals surface area contributed by atoms with E-state index in [4.69, 9.17) is 11.5 Å². The Morgan fingerprint density at radius 2 is 1.44 bits per heavy atom. The lowest BCUT2D eigenvalue weighted by Gasteiger charge is -2.24. The summed E-state index contributed by atoms with van der Waals surface area (Å²) in [6.07, 6.45) is -2.82. The van der Waals surface area contributed by atoms with E-state index < -0.39 is 42.3 Å². The van der Waals surface area contributed by atoms with Gasteiger partial charge in [-0.1, -0.05) is 13.8 Å². The van der Waals surface area contributed by atoms with Crippen molar-refractivity contribution >= 4 is 23.6 Å². The van der Waals surface area contributed by atoms with Crippen molar-refractivity contribution in [2.75, 3.05) is 13.1 Å². The third-order valence-corrected chi connectivity index (χ3v) is 5.48. The SMILES string of the molecule is CCC(C(N)=O)N1CC(C=C(F)F)CC1=O.CCC(C(N)=O)N1CC(CC(F)F)CC1=O. The zero-order valence-electron chi connectivity index (χ0n) is 18.1. The second-order valence-corrected chi connectivity index (χ2v) is 7.86. The molecule has 2 fully saturated rings. The van der Waals surface area contributed by atoms with Gasteiger partial charge in [0.25, 0.3) is 6.08 Å². The van der Waals surface area contributed by atoms with Crippen LogP contribution in [0.15, 0.2) is 12.2 Å². The summed E-state index contributed by atoms with van der Waals surface area (Å²) >= 11 is 0. The van der Waals surface area contributed by atoms with Crippen LogP contribution in [0.5, 0.6) is 0 Å². The number of nitrogens with two attached hydrogens (primary N) is 2. The molecule has 0 bridgehead atoms. The zero-order valence-corrected chi connectivity index (χ0v) is 18.1. The van der Waals surface area contributed by atoms with E-state index in [2.05, 4.69) is 0 Å². The summed E-state index contributed by atoms with van der Waals surface area (Å²) in [5.41, 5.74) is 10.3. The number of carbonyl (C=O) groups is 4. The Balaban J connectivity index is 0.000000320. The summed E-state index contributed by atoms with van der Waals surface area (Å²) in [7, 11) is 0. The largest absolute Gasteiger partial charge is 0.368 e. The Kier molecular flexibility index (Phi) is 10.6. The van der Waals surface area contributed by atoms with Crippen molar-refractivity contribution in [3.05, 3.63) is 12.2 Å². The summed E-state index contributed by atoms with van der Waals surface area (Å²) < 4.78 is 48.4. The van der Waals surface area contributed by atoms with Gasteiger partial charge < -0.3 is 21.3 Å². The van der Waals surface area contributed by atoms with E-state index in [0.29, 0.717) is 12.8 Å². The van der Waals surface area contributed by atoms with Gasteiger partial charge in [-0.3, -0.25) is 19.2 Å². The Morgan fingerprint density at radius 3 is 1.84 bits per heavy atom. The van der Waals surface area contributed by atoms with Gasteiger partial charge in [-0.2, -0.15) is 8.78 Å². The topological polar surface area (TPSA) is 127 Å². The van der Waals surface area contributed by atoms with Gasteiger partial charge in [0.2, 0.25) is 30.1 Å². The summed E-state index contributed by atoms with van der Waals surface area (Å²) in [4.78, 5) is 47.8. The van der Waals surface area contributed by atoms with Crippen LogP contribution in [-0.2, 0) is 19.2 Å². The maximum absolute atomic E-state index is 12.2. The molecule has 4 amide bonds. The monoisotopic (exact) mass is 466 g/mol. The number of halogens is 4. The Labute approximate surface area is 183 Å². The van der Waals surface area contributed by atoms with Crippen LogP contribution in [0.3, 0.4) is 0 Å². The van der Waals surface area contributed by atoms with E-state index in [9.17, 15) is 36.7 Å². The number of alkyl halides is 2. The van der Waals surface area contributed by atoms with Gasteiger partial charge in [0, 0.05) is 38.3 Å². The number of likely N-dealkylation sites (tertiary alicyclic amines) is 2. The van der Waals surface area contributed by atoms with Crippen LogP contribution < -0.4 is 11.5 Å². The molecule has 2 aliphatic heterocycles. The van der Waals surface area contributed by atoms with Gasteiger partial charge in [0.1, 0.15) is 12.1 Å². The minimum absolute atomic E-state index is 0.0150. The average molecular weight is 466 g/mol. The van der Waals surface area contributed by atoms with Crippen LogP contribution in [0.25, 0.3) is 0 Å². The number of nitrogens with zero attached hydrogens (tertiary/aromatic N) is 2. The first-order valence-electron chi connectivity index (χ1n) is 10.4. The Hall–Kier alpha value is -2.66. The molecule has 2 heterocycles. The number of amides is 4. The first-order chi connectivity index (χ1) is 14.9. The molecule has 4 N–H and O–H groups in total. The molecule has 0 aromatic carbocycles. The minimum atomic E-state index is -2.41. The smallest absolute Gasteiger partial charge is 0.266 e. The molecule has 0 aromatic rings. The molecule has 2 rings (SSSR count). The number of hydrogen-bond acceptors (Lipinski definition) is 4. The van der Waals surface area contributed by atoms with E-state index in [0.717, 1.165) is 6.08 Å². The fraction of sp³-hybridized carbons (Fsp3) is 0.700. The summed E-state index contributed by atoms with van der Waals surface area (Å²) in [5, 5.41) is 0. The van der Waals surface area contributed by atoms with Gasteiger partial charge in [-0.25, -0.2) is 8.78 Å². The van der Waals surface area contributed by atoms with E-state index in [1.165, 1.54) is 9.80 Å². The Morgan fingerprint density at radius 1 is 0.969 bits per heavy atom. The second-order valence-electron chi connectivity index (χ2n) is 7.86. The lowest BCUT2D eigenvalue weighted by atomic mass is 10.1. The lowest BCUT2D eigenvalue weighted by molar-refractivity contribution is -0.136. The molecule has 4 unspecified atom stereocenters. The number of hydrogen-bond donors (Lipinski definition) is 2. The molecule has 2 saturated heterocycles. The summed E-state index contributed by atoms with van der Waals surface area (Å²) in [5.74, 6) is -2.61. The van der Waals surface area contributed by atoms with Gasteiger partial charge in [0.15, 0.2) is 0 Å². The minimum Gasteiger partial charge on any atom is -0.368 e. The molecule has 32 heavy (non-hydrogen) atoms. The van der Waals surface area contributed by atoms with Crippen LogP contribution in [0.1, 0.15) is 46.0 Å². The summed E-state index contributed by atoms with van der Waals surface area (Å²) in [6, 6.07) is -1.34. The predicted octanol–water partition coefficient (Wildman–Crippen LogP) is 1.63. The van der Waals surface area contributed by atoms with E-state index >= 15 is 0 Å². The highest BCUT2D eigenvalue weighted by Crippen LogP contribution is 2.26. The first kappa shape index (κ1) is 27.4. The molecule has 0 radical (unpaired) electrons. The molecular weight excluding hydrogens is 436 g/mol.